The largest absolute Gasteiger partial charge is 0.327 e. The summed E-state index contributed by atoms with van der Waals surface area (Å²) >= 11 is 0. The van der Waals surface area contributed by atoms with E-state index in [-0.39, 0.29) is 0 Å². The van der Waals surface area contributed by atoms with Gasteiger partial charge < -0.3 is 5.73 Å². The first-order valence-electron chi connectivity index (χ1n) is 7.53. The second-order valence-electron chi connectivity index (χ2n) is 6.21. The molecule has 1 atom stereocenters. The summed E-state index contributed by atoms with van der Waals surface area (Å²) in [7, 11) is 0. The number of rotatable bonds is 7. The molecule has 0 amide bonds. The second kappa shape index (κ2) is 8.06. The molecule has 0 aliphatic rings. The van der Waals surface area contributed by atoms with E-state index in [2.05, 4.69) is 64.6 Å². The van der Waals surface area contributed by atoms with Gasteiger partial charge in [-0.15, -0.1) is 0 Å². The van der Waals surface area contributed by atoms with E-state index in [4.69, 9.17) is 5.73 Å². The molecule has 20 heavy (non-hydrogen) atoms. The van der Waals surface area contributed by atoms with Gasteiger partial charge in [0.05, 0.1) is 0 Å². The number of hydrogen-bond acceptors (Lipinski definition) is 1. The van der Waals surface area contributed by atoms with Crippen LogP contribution in [-0.4, -0.2) is 6.54 Å². The standard InChI is InChI=1S/C19H29N/c1-14(2)10-19(15(3)4)12-17(13-20)11-18-9-7-6-8-16(18)5/h6-9,12,14,19H,3,10-11,13,20H2,1-2,4-5H3/b17-12-. The van der Waals surface area contributed by atoms with Crippen LogP contribution in [0.4, 0.5) is 0 Å². The van der Waals surface area contributed by atoms with Crippen molar-refractivity contribution in [3.63, 3.8) is 0 Å². The topological polar surface area (TPSA) is 26.0 Å². The van der Waals surface area contributed by atoms with E-state index >= 15 is 0 Å². The van der Waals surface area contributed by atoms with Crippen molar-refractivity contribution in [1.82, 2.24) is 0 Å². The summed E-state index contributed by atoms with van der Waals surface area (Å²) in [4.78, 5) is 0. The predicted molar refractivity (Wildman–Crippen MR) is 89.8 cm³/mol. The van der Waals surface area contributed by atoms with Crippen LogP contribution >= 0.6 is 0 Å². The molecule has 0 aliphatic carbocycles. The first-order valence-corrected chi connectivity index (χ1v) is 7.53. The first-order chi connectivity index (χ1) is 9.43. The average molecular weight is 271 g/mol. The summed E-state index contributed by atoms with van der Waals surface area (Å²) in [6, 6.07) is 8.53. The van der Waals surface area contributed by atoms with Crippen LogP contribution in [0.2, 0.25) is 0 Å². The lowest BCUT2D eigenvalue weighted by molar-refractivity contribution is 0.516. The summed E-state index contributed by atoms with van der Waals surface area (Å²) in [5.74, 6) is 1.11. The minimum Gasteiger partial charge on any atom is -0.327 e. The normalized spacial score (nSPS) is 13.6. The Bertz CT molecular complexity index is 468. The molecule has 1 nitrogen and oxygen atoms in total. The minimum atomic E-state index is 0.442. The lowest BCUT2D eigenvalue weighted by Gasteiger charge is -2.18. The fourth-order valence-electron chi connectivity index (χ4n) is 2.46. The van der Waals surface area contributed by atoms with Crippen LogP contribution in [-0.2, 0) is 6.42 Å². The van der Waals surface area contributed by atoms with Crippen molar-refractivity contribution in [2.45, 2.75) is 40.5 Å². The van der Waals surface area contributed by atoms with Crippen LogP contribution in [0.3, 0.4) is 0 Å². The third-order valence-electron chi connectivity index (χ3n) is 3.74. The zero-order valence-electron chi connectivity index (χ0n) is 13.4. The Hall–Kier alpha value is -1.34. The lowest BCUT2D eigenvalue weighted by Crippen LogP contribution is -2.11. The van der Waals surface area contributed by atoms with Gasteiger partial charge in [-0.1, -0.05) is 61.9 Å². The van der Waals surface area contributed by atoms with Gasteiger partial charge in [-0.25, -0.2) is 0 Å². The highest BCUT2D eigenvalue weighted by Crippen LogP contribution is 2.23. The summed E-state index contributed by atoms with van der Waals surface area (Å²) in [5, 5.41) is 0. The fraction of sp³-hybridized carbons (Fsp3) is 0.474. The molecule has 1 aromatic carbocycles. The van der Waals surface area contributed by atoms with Gasteiger partial charge in [-0.2, -0.15) is 0 Å². The van der Waals surface area contributed by atoms with Crippen molar-refractivity contribution in [2.24, 2.45) is 17.6 Å². The molecule has 0 bridgehead atoms. The number of hydrogen-bond donors (Lipinski definition) is 1. The highest BCUT2D eigenvalue weighted by molar-refractivity contribution is 5.31. The maximum Gasteiger partial charge on any atom is 0.0140 e. The summed E-state index contributed by atoms with van der Waals surface area (Å²) in [6.07, 6.45) is 4.44. The third kappa shape index (κ3) is 5.34. The highest BCUT2D eigenvalue weighted by atomic mass is 14.5. The molecule has 0 fully saturated rings. The fourth-order valence-corrected chi connectivity index (χ4v) is 2.46. The molecular weight excluding hydrogens is 242 g/mol. The molecule has 1 aromatic rings. The Balaban J connectivity index is 2.90. The summed E-state index contributed by atoms with van der Waals surface area (Å²) in [6.45, 7) is 13.5. The molecular formula is C19H29N. The van der Waals surface area contributed by atoms with Crippen LogP contribution in [0, 0.1) is 18.8 Å². The first kappa shape index (κ1) is 16.7. The quantitative estimate of drug-likeness (QED) is 0.717. The number of allylic oxidation sites excluding steroid dienone is 2. The molecule has 110 valence electrons. The Labute approximate surface area is 124 Å². The van der Waals surface area contributed by atoms with Gasteiger partial charge in [0.2, 0.25) is 0 Å². The van der Waals surface area contributed by atoms with E-state index in [1.54, 1.807) is 0 Å². The minimum absolute atomic E-state index is 0.442. The molecule has 0 aliphatic heterocycles. The van der Waals surface area contributed by atoms with Gasteiger partial charge in [-0.3, -0.25) is 0 Å². The molecule has 0 heterocycles. The summed E-state index contributed by atoms with van der Waals surface area (Å²) in [5.41, 5.74) is 11.2. The molecule has 1 heteroatoms. The smallest absolute Gasteiger partial charge is 0.0140 e. The van der Waals surface area contributed by atoms with E-state index in [0.717, 1.165) is 12.8 Å². The van der Waals surface area contributed by atoms with E-state index < -0.39 is 0 Å². The van der Waals surface area contributed by atoms with Crippen LogP contribution in [0.25, 0.3) is 0 Å². The maximum atomic E-state index is 5.95. The van der Waals surface area contributed by atoms with Crippen LogP contribution in [0.1, 0.15) is 38.3 Å². The zero-order valence-corrected chi connectivity index (χ0v) is 13.4. The predicted octanol–water partition coefficient (Wildman–Crippen LogP) is 4.66. The van der Waals surface area contributed by atoms with Crippen molar-refractivity contribution in [3.8, 4) is 0 Å². The molecule has 0 radical (unpaired) electrons. The van der Waals surface area contributed by atoms with E-state index in [0.29, 0.717) is 18.4 Å². The van der Waals surface area contributed by atoms with Gasteiger partial charge in [-0.05, 0) is 49.7 Å². The van der Waals surface area contributed by atoms with E-state index in [9.17, 15) is 0 Å². The summed E-state index contributed by atoms with van der Waals surface area (Å²) < 4.78 is 0. The molecule has 0 spiro atoms. The lowest BCUT2D eigenvalue weighted by atomic mass is 9.88. The van der Waals surface area contributed by atoms with Gasteiger partial charge in [0.15, 0.2) is 0 Å². The monoisotopic (exact) mass is 271 g/mol. The van der Waals surface area contributed by atoms with Crippen molar-refractivity contribution in [2.75, 3.05) is 6.54 Å². The Morgan fingerprint density at radius 1 is 1.30 bits per heavy atom. The Kier molecular flexibility index (Phi) is 6.74. The SMILES string of the molecule is C=C(C)C(/C=C(\CN)Cc1ccccc1C)CC(C)C. The molecule has 2 N–H and O–H groups in total. The van der Waals surface area contributed by atoms with Crippen molar-refractivity contribution in [1.29, 1.82) is 0 Å². The Morgan fingerprint density at radius 2 is 1.95 bits per heavy atom. The van der Waals surface area contributed by atoms with Crippen LogP contribution in [0.15, 0.2) is 48.1 Å². The third-order valence-corrected chi connectivity index (χ3v) is 3.74. The number of benzene rings is 1. The second-order valence-corrected chi connectivity index (χ2v) is 6.21. The Morgan fingerprint density at radius 3 is 2.45 bits per heavy atom. The zero-order chi connectivity index (χ0) is 15.1. The molecule has 0 aromatic heterocycles. The van der Waals surface area contributed by atoms with Gasteiger partial charge in [0, 0.05) is 6.54 Å². The van der Waals surface area contributed by atoms with Crippen LogP contribution < -0.4 is 5.73 Å². The molecule has 1 rings (SSSR count). The number of nitrogens with two attached hydrogens (primary N) is 1. The number of aryl methyl sites for hydroxylation is 1. The van der Waals surface area contributed by atoms with Gasteiger partial charge in [0.1, 0.15) is 0 Å². The van der Waals surface area contributed by atoms with E-state index in [1.165, 1.54) is 22.3 Å². The van der Waals surface area contributed by atoms with Crippen molar-refractivity contribution >= 4 is 0 Å². The van der Waals surface area contributed by atoms with E-state index in [1.807, 2.05) is 0 Å². The molecule has 1 unspecified atom stereocenters. The average Bonchev–Trinajstić information content (AvgIpc) is 2.38. The van der Waals surface area contributed by atoms with Crippen molar-refractivity contribution < 1.29 is 0 Å². The maximum absolute atomic E-state index is 5.95. The van der Waals surface area contributed by atoms with Gasteiger partial charge in [0.25, 0.3) is 0 Å². The molecule has 0 saturated heterocycles. The highest BCUT2D eigenvalue weighted by Gasteiger charge is 2.11. The van der Waals surface area contributed by atoms with Crippen LogP contribution in [0.5, 0.6) is 0 Å². The van der Waals surface area contributed by atoms with Gasteiger partial charge >= 0.3 is 0 Å². The van der Waals surface area contributed by atoms with Crippen molar-refractivity contribution in [3.05, 3.63) is 59.2 Å². The molecule has 0 saturated carbocycles.